The fourth-order valence-corrected chi connectivity index (χ4v) is 4.00. The van der Waals surface area contributed by atoms with Crippen molar-refractivity contribution in [2.24, 2.45) is 0 Å². The van der Waals surface area contributed by atoms with E-state index in [1.54, 1.807) is 6.08 Å². The Morgan fingerprint density at radius 3 is 2.61 bits per heavy atom. The van der Waals surface area contributed by atoms with Gasteiger partial charge in [-0.2, -0.15) is 0 Å². The van der Waals surface area contributed by atoms with E-state index in [4.69, 9.17) is 0 Å². The molecule has 23 heavy (non-hydrogen) atoms. The normalized spacial score (nSPS) is 17.8. The first kappa shape index (κ1) is 15.9. The Balaban J connectivity index is 1.76. The van der Waals surface area contributed by atoms with Crippen LogP contribution in [0.25, 0.3) is 6.08 Å². The van der Waals surface area contributed by atoms with Crippen molar-refractivity contribution in [1.82, 2.24) is 4.90 Å². The Labute approximate surface area is 142 Å². The molecule has 2 aromatic rings. The summed E-state index contributed by atoms with van der Waals surface area (Å²) in [5, 5.41) is 0.129. The summed E-state index contributed by atoms with van der Waals surface area (Å²) in [5.74, 6) is 1.08. The fourth-order valence-electron chi connectivity index (χ4n) is 2.73. The number of hydrogen-bond acceptors (Lipinski definition) is 2. The summed E-state index contributed by atoms with van der Waals surface area (Å²) in [6.07, 6.45) is 3.63. The van der Waals surface area contributed by atoms with E-state index in [9.17, 15) is 4.79 Å². The van der Waals surface area contributed by atoms with E-state index < -0.39 is 0 Å². The number of carbonyl (C=O) groups is 1. The van der Waals surface area contributed by atoms with Crippen molar-refractivity contribution in [3.63, 3.8) is 0 Å². The third kappa shape index (κ3) is 3.67. The average molecular weight is 323 g/mol. The predicted molar refractivity (Wildman–Crippen MR) is 98.3 cm³/mol. The van der Waals surface area contributed by atoms with E-state index in [1.807, 2.05) is 40.9 Å². The molecule has 1 aliphatic rings. The lowest BCUT2D eigenvalue weighted by Gasteiger charge is -2.23. The van der Waals surface area contributed by atoms with Gasteiger partial charge in [-0.25, -0.2) is 0 Å². The molecule has 1 saturated heterocycles. The molecule has 2 aromatic carbocycles. The molecule has 1 aliphatic heterocycles. The summed E-state index contributed by atoms with van der Waals surface area (Å²) < 4.78 is 0. The third-order valence-electron chi connectivity index (χ3n) is 4.13. The monoisotopic (exact) mass is 323 g/mol. The standard InChI is InChI=1S/C20H21NOS/c1-15-7-9-18(10-8-15)20-21(13-14-23-20)19(22)12-11-17-6-4-3-5-16(17)2/h3-12,20H,13-14H2,1-2H3/b12-11+. The Kier molecular flexibility index (Phi) is 4.87. The average Bonchev–Trinajstić information content (AvgIpc) is 3.04. The van der Waals surface area contributed by atoms with Crippen LogP contribution < -0.4 is 0 Å². The Morgan fingerprint density at radius 2 is 1.87 bits per heavy atom. The summed E-state index contributed by atoms with van der Waals surface area (Å²) >= 11 is 1.83. The smallest absolute Gasteiger partial charge is 0.247 e. The quantitative estimate of drug-likeness (QED) is 0.770. The highest BCUT2D eigenvalue weighted by molar-refractivity contribution is 7.99. The largest absolute Gasteiger partial charge is 0.322 e. The number of nitrogens with zero attached hydrogens (tertiary/aromatic N) is 1. The summed E-state index contributed by atoms with van der Waals surface area (Å²) in [7, 11) is 0. The molecule has 0 aromatic heterocycles. The van der Waals surface area contributed by atoms with Gasteiger partial charge in [-0.3, -0.25) is 4.79 Å². The molecule has 1 atom stereocenters. The third-order valence-corrected chi connectivity index (χ3v) is 5.39. The van der Waals surface area contributed by atoms with Crippen molar-refractivity contribution in [3.05, 3.63) is 76.9 Å². The first-order valence-electron chi connectivity index (χ1n) is 7.87. The minimum Gasteiger partial charge on any atom is -0.322 e. The number of rotatable bonds is 3. The second-order valence-corrected chi connectivity index (χ2v) is 7.04. The summed E-state index contributed by atoms with van der Waals surface area (Å²) in [6.45, 7) is 4.95. The molecular weight excluding hydrogens is 302 g/mol. The molecule has 0 radical (unpaired) electrons. The molecule has 0 N–H and O–H groups in total. The number of thioether (sulfide) groups is 1. The van der Waals surface area contributed by atoms with E-state index in [1.165, 1.54) is 16.7 Å². The van der Waals surface area contributed by atoms with Crippen molar-refractivity contribution in [2.75, 3.05) is 12.3 Å². The molecule has 0 aliphatic carbocycles. The van der Waals surface area contributed by atoms with E-state index >= 15 is 0 Å². The Morgan fingerprint density at radius 1 is 1.13 bits per heavy atom. The van der Waals surface area contributed by atoms with Gasteiger partial charge in [0.25, 0.3) is 0 Å². The van der Waals surface area contributed by atoms with E-state index in [2.05, 4.69) is 44.2 Å². The highest BCUT2D eigenvalue weighted by Gasteiger charge is 2.29. The number of hydrogen-bond donors (Lipinski definition) is 0. The van der Waals surface area contributed by atoms with Crippen LogP contribution in [-0.2, 0) is 4.79 Å². The van der Waals surface area contributed by atoms with Crippen LogP contribution in [0.4, 0.5) is 0 Å². The van der Waals surface area contributed by atoms with Gasteiger partial charge in [-0.05, 0) is 36.6 Å². The minimum atomic E-state index is 0.0869. The van der Waals surface area contributed by atoms with E-state index in [0.29, 0.717) is 0 Å². The van der Waals surface area contributed by atoms with Gasteiger partial charge < -0.3 is 4.90 Å². The van der Waals surface area contributed by atoms with Gasteiger partial charge in [0.1, 0.15) is 5.37 Å². The first-order valence-corrected chi connectivity index (χ1v) is 8.92. The van der Waals surface area contributed by atoms with Gasteiger partial charge in [0.2, 0.25) is 5.91 Å². The summed E-state index contributed by atoms with van der Waals surface area (Å²) in [6, 6.07) is 16.6. The lowest BCUT2D eigenvalue weighted by Crippen LogP contribution is -2.28. The van der Waals surface area contributed by atoms with E-state index in [-0.39, 0.29) is 11.3 Å². The van der Waals surface area contributed by atoms with Gasteiger partial charge in [0.15, 0.2) is 0 Å². The minimum absolute atomic E-state index is 0.0869. The summed E-state index contributed by atoms with van der Waals surface area (Å²) in [5.41, 5.74) is 4.73. The zero-order chi connectivity index (χ0) is 16.2. The number of aryl methyl sites for hydroxylation is 2. The topological polar surface area (TPSA) is 20.3 Å². The van der Waals surface area contributed by atoms with Crippen LogP contribution in [0.3, 0.4) is 0 Å². The lowest BCUT2D eigenvalue weighted by molar-refractivity contribution is -0.126. The van der Waals surface area contributed by atoms with Crippen molar-refractivity contribution in [3.8, 4) is 0 Å². The number of benzene rings is 2. The Hall–Kier alpha value is -2.00. The van der Waals surface area contributed by atoms with Crippen LogP contribution in [0.2, 0.25) is 0 Å². The molecule has 0 saturated carbocycles. The van der Waals surface area contributed by atoms with Crippen LogP contribution in [0.15, 0.2) is 54.6 Å². The molecular formula is C20H21NOS. The molecule has 0 spiro atoms. The van der Waals surface area contributed by atoms with Gasteiger partial charge in [-0.15, -0.1) is 11.8 Å². The predicted octanol–water partition coefficient (Wildman–Crippen LogP) is 4.59. The highest BCUT2D eigenvalue weighted by Crippen LogP contribution is 2.38. The van der Waals surface area contributed by atoms with Crippen LogP contribution in [-0.4, -0.2) is 23.1 Å². The van der Waals surface area contributed by atoms with Crippen LogP contribution in [0, 0.1) is 13.8 Å². The lowest BCUT2D eigenvalue weighted by atomic mass is 10.1. The molecule has 1 amide bonds. The maximum absolute atomic E-state index is 12.6. The van der Waals surface area contributed by atoms with Crippen molar-refractivity contribution in [2.45, 2.75) is 19.2 Å². The second-order valence-electron chi connectivity index (χ2n) is 5.86. The summed E-state index contributed by atoms with van der Waals surface area (Å²) in [4.78, 5) is 14.6. The molecule has 3 heteroatoms. The van der Waals surface area contributed by atoms with E-state index in [0.717, 1.165) is 17.9 Å². The van der Waals surface area contributed by atoms with Crippen molar-refractivity contribution in [1.29, 1.82) is 0 Å². The molecule has 118 valence electrons. The molecule has 2 nitrogen and oxygen atoms in total. The first-order chi connectivity index (χ1) is 11.1. The zero-order valence-electron chi connectivity index (χ0n) is 13.5. The fraction of sp³-hybridized carbons (Fsp3) is 0.250. The van der Waals surface area contributed by atoms with Crippen molar-refractivity contribution < 1.29 is 4.79 Å². The molecule has 1 fully saturated rings. The van der Waals surface area contributed by atoms with Gasteiger partial charge in [-0.1, -0.05) is 54.1 Å². The highest BCUT2D eigenvalue weighted by atomic mass is 32.2. The van der Waals surface area contributed by atoms with Crippen molar-refractivity contribution >= 4 is 23.7 Å². The zero-order valence-corrected chi connectivity index (χ0v) is 14.3. The number of amides is 1. The molecule has 1 heterocycles. The van der Waals surface area contributed by atoms with Gasteiger partial charge in [0.05, 0.1) is 0 Å². The van der Waals surface area contributed by atoms with Gasteiger partial charge in [0, 0.05) is 18.4 Å². The number of carbonyl (C=O) groups excluding carboxylic acids is 1. The molecule has 0 bridgehead atoms. The Bertz CT molecular complexity index is 721. The molecule has 1 unspecified atom stereocenters. The van der Waals surface area contributed by atoms with Crippen LogP contribution in [0.1, 0.15) is 27.6 Å². The maximum Gasteiger partial charge on any atom is 0.247 e. The SMILES string of the molecule is Cc1ccc(C2SCCN2C(=O)/C=C/c2ccccc2C)cc1. The van der Waals surface area contributed by atoms with Crippen LogP contribution >= 0.6 is 11.8 Å². The second kappa shape index (κ2) is 7.05. The maximum atomic E-state index is 12.6. The van der Waals surface area contributed by atoms with Crippen LogP contribution in [0.5, 0.6) is 0 Å². The molecule has 3 rings (SSSR count). The van der Waals surface area contributed by atoms with Gasteiger partial charge >= 0.3 is 0 Å².